The molecule has 2 fully saturated rings. The molecule has 20 heavy (non-hydrogen) atoms. The van der Waals surface area contributed by atoms with Crippen molar-refractivity contribution in [1.82, 2.24) is 4.90 Å². The molecular formula is C16H24N2O2. The maximum atomic E-state index is 6.28. The number of nitrogens with two attached hydrogens (primary N) is 1. The van der Waals surface area contributed by atoms with E-state index in [0.29, 0.717) is 0 Å². The summed E-state index contributed by atoms with van der Waals surface area (Å²) in [6.45, 7) is 2.18. The van der Waals surface area contributed by atoms with E-state index in [9.17, 15) is 0 Å². The highest BCUT2D eigenvalue weighted by molar-refractivity contribution is 5.46. The zero-order valence-electron chi connectivity index (χ0n) is 12.4. The van der Waals surface area contributed by atoms with E-state index in [1.165, 1.54) is 5.56 Å². The van der Waals surface area contributed by atoms with Crippen LogP contribution in [0.3, 0.4) is 0 Å². The van der Waals surface area contributed by atoms with E-state index >= 15 is 0 Å². The van der Waals surface area contributed by atoms with Gasteiger partial charge in [-0.1, -0.05) is 6.07 Å². The number of nitrogens with zero attached hydrogens (tertiary/aromatic N) is 1. The normalized spacial score (nSPS) is 22.6. The van der Waals surface area contributed by atoms with Gasteiger partial charge in [0.25, 0.3) is 0 Å². The zero-order valence-corrected chi connectivity index (χ0v) is 12.4. The molecule has 0 unspecified atom stereocenters. The van der Waals surface area contributed by atoms with Gasteiger partial charge in [0.1, 0.15) is 6.10 Å². The molecule has 1 aliphatic heterocycles. The summed E-state index contributed by atoms with van der Waals surface area (Å²) in [4.78, 5) is 2.34. The van der Waals surface area contributed by atoms with Crippen LogP contribution < -0.4 is 15.2 Å². The van der Waals surface area contributed by atoms with Crippen LogP contribution in [0, 0.1) is 0 Å². The molecule has 4 nitrogen and oxygen atoms in total. The van der Waals surface area contributed by atoms with Crippen molar-refractivity contribution in [2.75, 3.05) is 27.2 Å². The van der Waals surface area contributed by atoms with Crippen LogP contribution in [0.1, 0.15) is 31.2 Å². The van der Waals surface area contributed by atoms with Gasteiger partial charge >= 0.3 is 0 Å². The fraction of sp³-hybridized carbons (Fsp3) is 0.625. The van der Waals surface area contributed by atoms with Gasteiger partial charge in [0.2, 0.25) is 0 Å². The first-order valence-electron chi connectivity index (χ1n) is 7.43. The Kier molecular flexibility index (Phi) is 3.61. The average Bonchev–Trinajstić information content (AvgIpc) is 3.20. The average molecular weight is 276 g/mol. The number of ether oxygens (including phenoxy) is 2. The molecule has 1 aliphatic carbocycles. The second-order valence-corrected chi connectivity index (χ2v) is 6.14. The van der Waals surface area contributed by atoms with Crippen molar-refractivity contribution in [2.24, 2.45) is 5.73 Å². The van der Waals surface area contributed by atoms with Crippen molar-refractivity contribution in [2.45, 2.75) is 37.3 Å². The fourth-order valence-corrected chi connectivity index (χ4v) is 2.78. The smallest absolute Gasteiger partial charge is 0.161 e. The van der Waals surface area contributed by atoms with E-state index in [-0.39, 0.29) is 11.6 Å². The molecule has 110 valence electrons. The minimum absolute atomic E-state index is 0.128. The topological polar surface area (TPSA) is 47.7 Å². The van der Waals surface area contributed by atoms with Crippen molar-refractivity contribution in [3.63, 3.8) is 0 Å². The van der Waals surface area contributed by atoms with Gasteiger partial charge in [0, 0.05) is 18.6 Å². The summed E-state index contributed by atoms with van der Waals surface area (Å²) in [5.41, 5.74) is 7.32. The Morgan fingerprint density at radius 2 is 1.90 bits per heavy atom. The first kappa shape index (κ1) is 13.7. The predicted octanol–water partition coefficient (Wildman–Crippen LogP) is 2.12. The Labute approximate surface area is 120 Å². The Morgan fingerprint density at radius 1 is 1.20 bits per heavy atom. The van der Waals surface area contributed by atoms with Crippen molar-refractivity contribution >= 4 is 0 Å². The monoisotopic (exact) mass is 276 g/mol. The van der Waals surface area contributed by atoms with Crippen molar-refractivity contribution in [1.29, 1.82) is 0 Å². The first-order chi connectivity index (χ1) is 9.60. The van der Waals surface area contributed by atoms with Gasteiger partial charge in [0.15, 0.2) is 11.5 Å². The van der Waals surface area contributed by atoms with E-state index < -0.39 is 0 Å². The summed E-state index contributed by atoms with van der Waals surface area (Å²) < 4.78 is 11.6. The van der Waals surface area contributed by atoms with Gasteiger partial charge in [-0.25, -0.2) is 0 Å². The maximum Gasteiger partial charge on any atom is 0.161 e. The summed E-state index contributed by atoms with van der Waals surface area (Å²) in [7, 11) is 3.84. The van der Waals surface area contributed by atoms with Gasteiger partial charge in [0.05, 0.1) is 7.11 Å². The van der Waals surface area contributed by atoms with Crippen LogP contribution in [0.15, 0.2) is 18.2 Å². The van der Waals surface area contributed by atoms with E-state index in [0.717, 1.165) is 50.3 Å². The summed E-state index contributed by atoms with van der Waals surface area (Å²) >= 11 is 0. The van der Waals surface area contributed by atoms with Crippen molar-refractivity contribution in [3.05, 3.63) is 23.8 Å². The van der Waals surface area contributed by atoms with Crippen LogP contribution in [0.2, 0.25) is 0 Å². The first-order valence-corrected chi connectivity index (χ1v) is 7.43. The molecule has 3 rings (SSSR count). The minimum Gasteiger partial charge on any atom is -0.493 e. The fourth-order valence-electron chi connectivity index (χ4n) is 2.78. The second kappa shape index (κ2) is 5.26. The molecule has 1 aromatic rings. The number of likely N-dealkylation sites (tertiary alicyclic amines) is 1. The number of methoxy groups -OCH3 is 1. The lowest BCUT2D eigenvalue weighted by Crippen LogP contribution is -2.35. The summed E-state index contributed by atoms with van der Waals surface area (Å²) in [5, 5.41) is 0. The molecule has 0 aromatic heterocycles. The molecule has 0 radical (unpaired) electrons. The Hall–Kier alpha value is -1.26. The van der Waals surface area contributed by atoms with Crippen molar-refractivity contribution in [3.8, 4) is 11.5 Å². The molecule has 1 saturated carbocycles. The van der Waals surface area contributed by atoms with Gasteiger partial charge in [-0.3, -0.25) is 0 Å². The van der Waals surface area contributed by atoms with Gasteiger partial charge < -0.3 is 20.1 Å². The van der Waals surface area contributed by atoms with Crippen LogP contribution in [0.4, 0.5) is 0 Å². The number of benzene rings is 1. The SMILES string of the molecule is COc1ccc(C2(N)CC2)cc1OC1CCN(C)CC1. The summed E-state index contributed by atoms with van der Waals surface area (Å²) in [6.07, 6.45) is 4.54. The quantitative estimate of drug-likeness (QED) is 0.915. The highest BCUT2D eigenvalue weighted by Gasteiger charge is 2.40. The molecule has 2 N–H and O–H groups in total. The van der Waals surface area contributed by atoms with Gasteiger partial charge in [-0.2, -0.15) is 0 Å². The van der Waals surface area contributed by atoms with Crippen LogP contribution in [0.25, 0.3) is 0 Å². The Balaban J connectivity index is 1.76. The third-order valence-corrected chi connectivity index (χ3v) is 4.49. The highest BCUT2D eigenvalue weighted by Crippen LogP contribution is 2.45. The van der Waals surface area contributed by atoms with E-state index in [4.69, 9.17) is 15.2 Å². The van der Waals surface area contributed by atoms with Crippen LogP contribution >= 0.6 is 0 Å². The van der Waals surface area contributed by atoms with E-state index in [2.05, 4.69) is 24.1 Å². The van der Waals surface area contributed by atoms with Crippen LogP contribution in [-0.2, 0) is 5.54 Å². The number of piperidine rings is 1. The largest absolute Gasteiger partial charge is 0.493 e. The van der Waals surface area contributed by atoms with Crippen molar-refractivity contribution < 1.29 is 9.47 Å². The van der Waals surface area contributed by atoms with Crippen LogP contribution in [0.5, 0.6) is 11.5 Å². The van der Waals surface area contributed by atoms with E-state index in [1.54, 1.807) is 7.11 Å². The molecule has 2 aliphatic rings. The molecular weight excluding hydrogens is 252 g/mol. The maximum absolute atomic E-state index is 6.28. The second-order valence-electron chi connectivity index (χ2n) is 6.14. The predicted molar refractivity (Wildman–Crippen MR) is 79.2 cm³/mol. The molecule has 1 saturated heterocycles. The molecule has 0 bridgehead atoms. The summed E-state index contributed by atoms with van der Waals surface area (Å²) in [5.74, 6) is 1.65. The minimum atomic E-state index is -0.128. The third-order valence-electron chi connectivity index (χ3n) is 4.49. The lowest BCUT2D eigenvalue weighted by atomic mass is 10.0. The number of hydrogen-bond acceptors (Lipinski definition) is 4. The lowest BCUT2D eigenvalue weighted by molar-refractivity contribution is 0.111. The zero-order chi connectivity index (χ0) is 14.2. The molecule has 1 heterocycles. The summed E-state index contributed by atoms with van der Waals surface area (Å²) in [6, 6.07) is 6.12. The number of rotatable bonds is 4. The van der Waals surface area contributed by atoms with Crippen LogP contribution in [-0.4, -0.2) is 38.3 Å². The number of hydrogen-bond donors (Lipinski definition) is 1. The van der Waals surface area contributed by atoms with Gasteiger partial charge in [-0.05, 0) is 50.4 Å². The molecule has 1 aromatic carbocycles. The third kappa shape index (κ3) is 2.76. The Morgan fingerprint density at radius 3 is 2.50 bits per heavy atom. The molecule has 0 amide bonds. The van der Waals surface area contributed by atoms with Gasteiger partial charge in [-0.15, -0.1) is 0 Å². The lowest BCUT2D eigenvalue weighted by Gasteiger charge is -2.30. The highest BCUT2D eigenvalue weighted by atomic mass is 16.5. The molecule has 0 atom stereocenters. The standard InChI is InChI=1S/C16H24N2O2/c1-18-9-5-13(6-10-18)20-15-11-12(16(17)7-8-16)3-4-14(15)19-2/h3-4,11,13H,5-10,17H2,1-2H3. The molecule has 4 heteroatoms. The van der Waals surface area contributed by atoms with E-state index in [1.807, 2.05) is 6.07 Å². The Bertz CT molecular complexity index is 477. The molecule has 0 spiro atoms.